The molecule has 122 valence electrons. The molecule has 3 rings (SSSR count). The molecule has 1 aromatic heterocycles. The topological polar surface area (TPSA) is 45.2 Å². The van der Waals surface area contributed by atoms with Crippen molar-refractivity contribution in [3.8, 4) is 0 Å². The van der Waals surface area contributed by atoms with Crippen molar-refractivity contribution in [3.63, 3.8) is 0 Å². The fraction of sp³-hybridized carbons (Fsp3) is 0.765. The van der Waals surface area contributed by atoms with Gasteiger partial charge in [0.25, 0.3) is 0 Å². The van der Waals surface area contributed by atoms with Crippen molar-refractivity contribution in [2.24, 2.45) is 0 Å². The molecule has 5 heteroatoms. The molecule has 4 nitrogen and oxygen atoms in total. The minimum atomic E-state index is -0.213. The Kier molecular flexibility index (Phi) is 4.83. The summed E-state index contributed by atoms with van der Waals surface area (Å²) in [5.41, 5.74) is 0.858. The zero-order chi connectivity index (χ0) is 15.6. The second-order valence-corrected chi connectivity index (χ2v) is 7.76. The van der Waals surface area contributed by atoms with Gasteiger partial charge in [0.1, 0.15) is 5.54 Å². The predicted octanol–water partition coefficient (Wildman–Crippen LogP) is 3.08. The summed E-state index contributed by atoms with van der Waals surface area (Å²) in [6, 6.07) is 0. The lowest BCUT2D eigenvalue weighted by atomic mass is 9.94. The molecule has 0 radical (unpaired) electrons. The highest BCUT2D eigenvalue weighted by atomic mass is 32.1. The smallest absolute Gasteiger partial charge is 0.240 e. The number of thiazole rings is 1. The minimum Gasteiger partial charge on any atom is -0.354 e. The van der Waals surface area contributed by atoms with Crippen LogP contribution in [0.3, 0.4) is 0 Å². The molecule has 0 aromatic carbocycles. The number of rotatable bonds is 5. The van der Waals surface area contributed by atoms with Gasteiger partial charge < -0.3 is 5.32 Å². The number of hydrogen-bond acceptors (Lipinski definition) is 4. The van der Waals surface area contributed by atoms with Crippen LogP contribution >= 0.6 is 11.3 Å². The number of likely N-dealkylation sites (tertiary alicyclic amines) is 1. The van der Waals surface area contributed by atoms with Crippen LogP contribution in [0.1, 0.15) is 62.1 Å². The Morgan fingerprint density at radius 3 is 2.64 bits per heavy atom. The first-order valence-corrected chi connectivity index (χ1v) is 9.45. The summed E-state index contributed by atoms with van der Waals surface area (Å²) in [6.45, 7) is 7.05. The van der Waals surface area contributed by atoms with Gasteiger partial charge in [0.2, 0.25) is 5.91 Å². The van der Waals surface area contributed by atoms with E-state index in [1.807, 2.05) is 6.92 Å². The molecule has 1 atom stereocenters. The molecule has 0 spiro atoms. The van der Waals surface area contributed by atoms with Gasteiger partial charge in [-0.25, -0.2) is 4.98 Å². The number of nitrogens with zero attached hydrogens (tertiary/aromatic N) is 2. The Morgan fingerprint density at radius 1 is 1.36 bits per heavy atom. The molecule has 2 fully saturated rings. The number of carbonyl (C=O) groups excluding carboxylic acids is 1. The number of nitrogens with one attached hydrogen (secondary N) is 1. The van der Waals surface area contributed by atoms with Gasteiger partial charge in [-0.05, 0) is 45.7 Å². The van der Waals surface area contributed by atoms with Crippen LogP contribution in [0.4, 0.5) is 0 Å². The summed E-state index contributed by atoms with van der Waals surface area (Å²) < 4.78 is 0. The number of aromatic nitrogens is 1. The van der Waals surface area contributed by atoms with Crippen LogP contribution in [0, 0.1) is 6.92 Å². The lowest BCUT2D eigenvalue weighted by Gasteiger charge is -2.37. The molecule has 1 aliphatic heterocycles. The first-order valence-electron chi connectivity index (χ1n) is 8.57. The van der Waals surface area contributed by atoms with E-state index >= 15 is 0 Å². The molecular formula is C17H27N3OS. The van der Waals surface area contributed by atoms with Crippen LogP contribution in [-0.2, 0) is 4.79 Å². The maximum atomic E-state index is 12.9. The number of carbonyl (C=O) groups is 1. The van der Waals surface area contributed by atoms with E-state index in [2.05, 4.69) is 27.5 Å². The summed E-state index contributed by atoms with van der Waals surface area (Å²) in [6.07, 6.45) is 6.91. The van der Waals surface area contributed by atoms with E-state index < -0.39 is 0 Å². The quantitative estimate of drug-likeness (QED) is 0.906. The van der Waals surface area contributed by atoms with Crippen molar-refractivity contribution >= 4 is 17.2 Å². The molecule has 1 saturated heterocycles. The van der Waals surface area contributed by atoms with E-state index in [1.165, 1.54) is 25.7 Å². The second-order valence-electron chi connectivity index (χ2n) is 6.87. The third-order valence-electron chi connectivity index (χ3n) is 5.19. The van der Waals surface area contributed by atoms with Crippen LogP contribution in [0.25, 0.3) is 0 Å². The van der Waals surface area contributed by atoms with E-state index in [4.69, 9.17) is 0 Å². The zero-order valence-electron chi connectivity index (χ0n) is 13.7. The maximum Gasteiger partial charge on any atom is 0.240 e. The first-order chi connectivity index (χ1) is 10.6. The lowest BCUT2D eigenvalue weighted by molar-refractivity contribution is -0.132. The third-order valence-corrected chi connectivity index (χ3v) is 6.39. The van der Waals surface area contributed by atoms with Gasteiger partial charge in [-0.1, -0.05) is 19.8 Å². The largest absolute Gasteiger partial charge is 0.354 e. The summed E-state index contributed by atoms with van der Waals surface area (Å²) in [5.74, 6) is 0.548. The van der Waals surface area contributed by atoms with Gasteiger partial charge in [0.15, 0.2) is 0 Å². The van der Waals surface area contributed by atoms with E-state index in [0.29, 0.717) is 12.5 Å². The Morgan fingerprint density at radius 2 is 2.05 bits per heavy atom. The SMILES string of the molecule is Cc1csc([C@@H](C)CNC(=O)C2(N3CCCC3)CCCC2)n1. The summed E-state index contributed by atoms with van der Waals surface area (Å²) in [5, 5.41) is 6.44. The normalized spacial score (nSPS) is 22.8. The van der Waals surface area contributed by atoms with Crippen LogP contribution in [-0.4, -0.2) is 41.0 Å². The van der Waals surface area contributed by atoms with Crippen LogP contribution in [0.2, 0.25) is 0 Å². The zero-order valence-corrected chi connectivity index (χ0v) is 14.5. The molecule has 2 heterocycles. The van der Waals surface area contributed by atoms with Gasteiger partial charge >= 0.3 is 0 Å². The van der Waals surface area contributed by atoms with Gasteiger partial charge in [-0.15, -0.1) is 11.3 Å². The number of amides is 1. The van der Waals surface area contributed by atoms with E-state index in [-0.39, 0.29) is 11.4 Å². The van der Waals surface area contributed by atoms with Crippen molar-refractivity contribution in [1.82, 2.24) is 15.2 Å². The molecule has 1 amide bonds. The van der Waals surface area contributed by atoms with Crippen molar-refractivity contribution in [2.45, 2.75) is 63.8 Å². The Labute approximate surface area is 137 Å². The van der Waals surface area contributed by atoms with Crippen LogP contribution in [0.15, 0.2) is 5.38 Å². The molecule has 1 saturated carbocycles. The molecule has 1 aliphatic carbocycles. The number of aryl methyl sites for hydroxylation is 1. The first kappa shape index (κ1) is 15.9. The molecule has 1 N–H and O–H groups in total. The standard InChI is InChI=1S/C17H27N3OS/c1-13(15-19-14(2)12-22-15)11-18-16(21)17(7-3-4-8-17)20-9-5-6-10-20/h12-13H,3-11H2,1-2H3,(H,18,21)/t13-/m0/s1. The monoisotopic (exact) mass is 321 g/mol. The lowest BCUT2D eigenvalue weighted by Crippen LogP contribution is -2.56. The minimum absolute atomic E-state index is 0.213. The molecule has 1 aromatic rings. The Bertz CT molecular complexity index is 516. The average molecular weight is 321 g/mol. The highest BCUT2D eigenvalue weighted by molar-refractivity contribution is 7.09. The van der Waals surface area contributed by atoms with Gasteiger partial charge in [0.05, 0.1) is 5.01 Å². The van der Waals surface area contributed by atoms with E-state index in [1.54, 1.807) is 11.3 Å². The molecule has 0 bridgehead atoms. The Hall–Kier alpha value is -0.940. The molecule has 22 heavy (non-hydrogen) atoms. The highest BCUT2D eigenvalue weighted by Gasteiger charge is 2.46. The van der Waals surface area contributed by atoms with Crippen molar-refractivity contribution in [1.29, 1.82) is 0 Å². The third kappa shape index (κ3) is 3.06. The molecule has 0 unspecified atom stereocenters. The van der Waals surface area contributed by atoms with Gasteiger partial charge in [0, 0.05) is 23.5 Å². The summed E-state index contributed by atoms with van der Waals surface area (Å²) in [4.78, 5) is 19.9. The van der Waals surface area contributed by atoms with Crippen molar-refractivity contribution < 1.29 is 4.79 Å². The fourth-order valence-electron chi connectivity index (χ4n) is 3.89. The fourth-order valence-corrected chi connectivity index (χ4v) is 4.74. The predicted molar refractivity (Wildman–Crippen MR) is 90.3 cm³/mol. The van der Waals surface area contributed by atoms with Crippen molar-refractivity contribution in [3.05, 3.63) is 16.1 Å². The summed E-state index contributed by atoms with van der Waals surface area (Å²) >= 11 is 1.69. The van der Waals surface area contributed by atoms with Gasteiger partial charge in [-0.2, -0.15) is 0 Å². The van der Waals surface area contributed by atoms with E-state index in [9.17, 15) is 4.79 Å². The average Bonchev–Trinajstić information content (AvgIpc) is 3.23. The Balaban J connectivity index is 1.62. The van der Waals surface area contributed by atoms with Crippen LogP contribution in [0.5, 0.6) is 0 Å². The van der Waals surface area contributed by atoms with Crippen LogP contribution < -0.4 is 5.32 Å². The van der Waals surface area contributed by atoms with Gasteiger partial charge in [-0.3, -0.25) is 9.69 Å². The maximum absolute atomic E-state index is 12.9. The van der Waals surface area contributed by atoms with E-state index in [0.717, 1.165) is 36.6 Å². The second kappa shape index (κ2) is 6.67. The highest BCUT2D eigenvalue weighted by Crippen LogP contribution is 2.37. The number of hydrogen-bond donors (Lipinski definition) is 1. The summed E-state index contributed by atoms with van der Waals surface area (Å²) in [7, 11) is 0. The van der Waals surface area contributed by atoms with Crippen molar-refractivity contribution in [2.75, 3.05) is 19.6 Å². The molecule has 2 aliphatic rings. The molecular weight excluding hydrogens is 294 g/mol.